The average Bonchev–Trinajstić information content (AvgIpc) is 3.28. The van der Waals surface area contributed by atoms with E-state index in [-0.39, 0.29) is 12.1 Å². The summed E-state index contributed by atoms with van der Waals surface area (Å²) in [5.74, 6) is 1.03. The maximum Gasteiger partial charge on any atom is 0.338 e. The predicted octanol–water partition coefficient (Wildman–Crippen LogP) is 9.82. The van der Waals surface area contributed by atoms with E-state index in [0.717, 1.165) is 11.1 Å². The second kappa shape index (κ2) is 14.6. The van der Waals surface area contributed by atoms with E-state index in [1.54, 1.807) is 0 Å². The number of hydrogen-bond acceptors (Lipinski definition) is 3. The van der Waals surface area contributed by atoms with Crippen molar-refractivity contribution in [1.29, 1.82) is 0 Å². The van der Waals surface area contributed by atoms with Gasteiger partial charge in [0.2, 0.25) is 0 Å². The number of carbonyl (C=O) groups excluding carboxylic acids is 1. The van der Waals surface area contributed by atoms with E-state index in [2.05, 4.69) is 63.2 Å². The van der Waals surface area contributed by atoms with E-state index in [1.165, 1.54) is 84.8 Å². The summed E-state index contributed by atoms with van der Waals surface area (Å²) in [6.45, 7) is 10.9. The van der Waals surface area contributed by atoms with Crippen LogP contribution >= 0.6 is 0 Å². The van der Waals surface area contributed by atoms with Crippen molar-refractivity contribution < 1.29 is 14.6 Å². The molecule has 3 unspecified atom stereocenters. The van der Waals surface area contributed by atoms with E-state index >= 15 is 0 Å². The molecule has 41 heavy (non-hydrogen) atoms. The van der Waals surface area contributed by atoms with Gasteiger partial charge in [0.05, 0.1) is 18.3 Å². The summed E-state index contributed by atoms with van der Waals surface area (Å²) in [5, 5.41) is 9.58. The van der Waals surface area contributed by atoms with Crippen molar-refractivity contribution >= 4 is 17.6 Å². The Bertz CT molecular complexity index is 1330. The molecular formula is C38H48O3. The van der Waals surface area contributed by atoms with Crippen molar-refractivity contribution in [3.63, 3.8) is 0 Å². The van der Waals surface area contributed by atoms with Gasteiger partial charge in [-0.15, -0.1) is 0 Å². The van der Waals surface area contributed by atoms with Crippen LogP contribution in [0.2, 0.25) is 0 Å². The van der Waals surface area contributed by atoms with Crippen LogP contribution in [0.4, 0.5) is 0 Å². The molecule has 0 fully saturated rings. The number of rotatable bonds is 5. The van der Waals surface area contributed by atoms with Gasteiger partial charge >= 0.3 is 5.97 Å². The Labute approximate surface area is 247 Å². The molecule has 3 aromatic rings. The van der Waals surface area contributed by atoms with Crippen molar-refractivity contribution in [2.75, 3.05) is 6.61 Å². The third-order valence-corrected chi connectivity index (χ3v) is 8.79. The molecule has 3 heteroatoms. The van der Waals surface area contributed by atoms with Crippen molar-refractivity contribution in [2.24, 2.45) is 0 Å². The Morgan fingerprint density at radius 3 is 2.00 bits per heavy atom. The van der Waals surface area contributed by atoms with Gasteiger partial charge < -0.3 is 9.84 Å². The van der Waals surface area contributed by atoms with Crippen molar-refractivity contribution in [3.8, 4) is 0 Å². The fraction of sp³-hybridized carbons (Fsp3) is 0.447. The Kier molecular flexibility index (Phi) is 11.0. The minimum Gasteiger partial charge on any atom is -0.462 e. The van der Waals surface area contributed by atoms with Gasteiger partial charge in [0, 0.05) is 0 Å². The first kappa shape index (κ1) is 30.8. The summed E-state index contributed by atoms with van der Waals surface area (Å²) >= 11 is 0. The first-order valence-corrected chi connectivity index (χ1v) is 15.7. The average molecular weight is 553 g/mol. The molecule has 0 aliphatic heterocycles. The fourth-order valence-electron chi connectivity index (χ4n) is 6.19. The van der Waals surface area contributed by atoms with Crippen molar-refractivity contribution in [2.45, 2.75) is 104 Å². The SMILES string of the molecule is CC(O)c1ccc2c(c1)C(C)CCCC2.CCOC(=O)c1ccc(/C=C(\C)c2ccc3c(c2)C(C)CCCC3)cc1. The third-order valence-electron chi connectivity index (χ3n) is 8.79. The van der Waals surface area contributed by atoms with Crippen LogP contribution in [0.15, 0.2) is 60.7 Å². The Morgan fingerprint density at radius 2 is 1.41 bits per heavy atom. The lowest BCUT2D eigenvalue weighted by molar-refractivity contribution is 0.0526. The number of ether oxygens (including phenoxy) is 1. The molecule has 0 radical (unpaired) electrons. The van der Waals surface area contributed by atoms with Crippen molar-refractivity contribution in [1.82, 2.24) is 0 Å². The standard InChI is InChI=1S/C24H28O2.C14H20O/c1-4-26-24(25)21-11-9-19(10-12-21)15-18(3)22-14-13-20-8-6-5-7-17(2)23(20)16-22;1-10-5-3-4-6-12-7-8-13(11(2)15)9-14(10)12/h9-17H,4-8H2,1-3H3;7-11,15H,3-6H2,1-2H3/b18-15+;. The first-order valence-electron chi connectivity index (χ1n) is 15.7. The number of aliphatic hydroxyl groups is 1. The molecule has 0 spiro atoms. The largest absolute Gasteiger partial charge is 0.462 e. The first-order chi connectivity index (χ1) is 19.8. The van der Waals surface area contributed by atoms with E-state index in [9.17, 15) is 9.90 Å². The molecule has 0 aromatic heterocycles. The quantitative estimate of drug-likeness (QED) is 0.195. The van der Waals surface area contributed by atoms with Gasteiger partial charge in [-0.05, 0) is 128 Å². The number of fused-ring (bicyclic) bond motifs is 2. The van der Waals surface area contributed by atoms with Crippen LogP contribution in [0, 0.1) is 0 Å². The van der Waals surface area contributed by atoms with E-state index in [1.807, 2.05) is 38.1 Å². The molecule has 3 aromatic carbocycles. The van der Waals surface area contributed by atoms with Crippen molar-refractivity contribution in [3.05, 3.63) is 105 Å². The molecule has 3 atom stereocenters. The molecule has 0 heterocycles. The minimum atomic E-state index is -0.342. The number of hydrogen-bond donors (Lipinski definition) is 1. The third kappa shape index (κ3) is 8.20. The summed E-state index contributed by atoms with van der Waals surface area (Å²) in [7, 11) is 0. The molecule has 5 rings (SSSR count). The van der Waals surface area contributed by atoms with E-state index < -0.39 is 0 Å². The highest BCUT2D eigenvalue weighted by atomic mass is 16.5. The number of aryl methyl sites for hydroxylation is 2. The molecule has 0 amide bonds. The minimum absolute atomic E-state index is 0.264. The summed E-state index contributed by atoms with van der Waals surface area (Å²) in [5.41, 5.74) is 11.3. The highest BCUT2D eigenvalue weighted by Crippen LogP contribution is 2.33. The zero-order chi connectivity index (χ0) is 29.4. The van der Waals surface area contributed by atoms with E-state index in [0.29, 0.717) is 24.0 Å². The van der Waals surface area contributed by atoms with Gasteiger partial charge in [-0.3, -0.25) is 0 Å². The van der Waals surface area contributed by atoms with Gasteiger partial charge in [-0.2, -0.15) is 0 Å². The van der Waals surface area contributed by atoms with Gasteiger partial charge in [-0.25, -0.2) is 4.79 Å². The molecule has 3 nitrogen and oxygen atoms in total. The number of aliphatic hydroxyl groups excluding tert-OH is 1. The molecule has 0 saturated carbocycles. The second-order valence-electron chi connectivity index (χ2n) is 12.0. The summed E-state index contributed by atoms with van der Waals surface area (Å²) in [6.07, 6.45) is 12.1. The smallest absolute Gasteiger partial charge is 0.338 e. The zero-order valence-electron chi connectivity index (χ0n) is 25.7. The van der Waals surface area contributed by atoms with Crippen LogP contribution in [-0.4, -0.2) is 17.7 Å². The van der Waals surface area contributed by atoms with Crippen LogP contribution in [0.1, 0.15) is 140 Å². The number of benzene rings is 3. The van der Waals surface area contributed by atoms with E-state index in [4.69, 9.17) is 4.74 Å². The van der Waals surface area contributed by atoms with Gasteiger partial charge in [0.15, 0.2) is 0 Å². The van der Waals surface area contributed by atoms with Crippen LogP contribution < -0.4 is 0 Å². The normalized spacial score (nSPS) is 19.4. The van der Waals surface area contributed by atoms with Gasteiger partial charge in [0.1, 0.15) is 0 Å². The zero-order valence-corrected chi connectivity index (χ0v) is 25.7. The fourth-order valence-corrected chi connectivity index (χ4v) is 6.19. The Hall–Kier alpha value is -3.17. The second-order valence-corrected chi connectivity index (χ2v) is 12.0. The summed E-state index contributed by atoms with van der Waals surface area (Å²) < 4.78 is 5.04. The maximum absolute atomic E-state index is 11.8. The topological polar surface area (TPSA) is 46.5 Å². The molecule has 0 bridgehead atoms. The maximum atomic E-state index is 11.8. The number of carbonyl (C=O) groups is 1. The highest BCUT2D eigenvalue weighted by molar-refractivity contribution is 5.90. The van der Waals surface area contributed by atoms with Gasteiger partial charge in [0.25, 0.3) is 0 Å². The predicted molar refractivity (Wildman–Crippen MR) is 171 cm³/mol. The molecule has 0 saturated heterocycles. The molecule has 218 valence electrons. The lowest BCUT2D eigenvalue weighted by Crippen LogP contribution is -2.04. The van der Waals surface area contributed by atoms with Gasteiger partial charge in [-0.1, -0.05) is 81.3 Å². The monoisotopic (exact) mass is 552 g/mol. The molecular weight excluding hydrogens is 504 g/mol. The lowest BCUT2D eigenvalue weighted by Gasteiger charge is -2.15. The lowest BCUT2D eigenvalue weighted by atomic mass is 9.90. The van der Waals surface area contributed by atoms with Crippen LogP contribution in [0.5, 0.6) is 0 Å². The van der Waals surface area contributed by atoms with Crippen LogP contribution in [-0.2, 0) is 17.6 Å². The Balaban J connectivity index is 0.000000218. The molecule has 1 N–H and O–H groups in total. The molecule has 2 aliphatic carbocycles. The number of esters is 1. The highest BCUT2D eigenvalue weighted by Gasteiger charge is 2.17. The van der Waals surface area contributed by atoms with Crippen LogP contribution in [0.3, 0.4) is 0 Å². The summed E-state index contributed by atoms with van der Waals surface area (Å²) in [6, 6.07) is 21.0. The Morgan fingerprint density at radius 1 is 0.854 bits per heavy atom. The van der Waals surface area contributed by atoms with Crippen LogP contribution in [0.25, 0.3) is 11.6 Å². The molecule has 2 aliphatic rings. The summed E-state index contributed by atoms with van der Waals surface area (Å²) in [4.78, 5) is 11.8. The number of allylic oxidation sites excluding steroid dienone is 1.